The fourth-order valence-corrected chi connectivity index (χ4v) is 3.11. The topological polar surface area (TPSA) is 90.6 Å². The number of rotatable bonds is 8. The molecule has 1 unspecified atom stereocenters. The summed E-state index contributed by atoms with van der Waals surface area (Å²) in [6.45, 7) is 2.85. The van der Waals surface area contributed by atoms with Crippen molar-refractivity contribution in [3.8, 4) is 11.5 Å². The number of hydrogen-bond acceptors (Lipinski definition) is 7. The molecule has 1 aliphatic rings. The highest BCUT2D eigenvalue weighted by Gasteiger charge is 2.21. The average Bonchev–Trinajstić information content (AvgIpc) is 2.69. The fourth-order valence-electron chi connectivity index (χ4n) is 3.11. The molecule has 0 spiro atoms. The molecule has 0 aliphatic carbocycles. The number of likely N-dealkylation sites (N-methyl/N-ethyl adjacent to an activating group) is 1. The van der Waals surface area contributed by atoms with Gasteiger partial charge >= 0.3 is 5.69 Å². The summed E-state index contributed by atoms with van der Waals surface area (Å²) in [5.41, 5.74) is -0.844. The van der Waals surface area contributed by atoms with Crippen molar-refractivity contribution in [1.29, 1.82) is 0 Å². The van der Waals surface area contributed by atoms with Crippen molar-refractivity contribution >= 4 is 5.82 Å². The highest BCUT2D eigenvalue weighted by Crippen LogP contribution is 2.30. The van der Waals surface area contributed by atoms with E-state index in [1.54, 1.807) is 0 Å². The normalized spacial score (nSPS) is 15.6. The van der Waals surface area contributed by atoms with Gasteiger partial charge in [-0.1, -0.05) is 12.1 Å². The van der Waals surface area contributed by atoms with Gasteiger partial charge < -0.3 is 19.7 Å². The number of nitrogens with zero attached hydrogens (tertiary/aromatic N) is 4. The van der Waals surface area contributed by atoms with Crippen molar-refractivity contribution < 1.29 is 9.47 Å². The van der Waals surface area contributed by atoms with Crippen LogP contribution in [0.15, 0.2) is 33.9 Å². The van der Waals surface area contributed by atoms with Gasteiger partial charge in [-0.2, -0.15) is 0 Å². The van der Waals surface area contributed by atoms with Gasteiger partial charge in [-0.05, 0) is 38.6 Å². The molecule has 1 aromatic heterocycles. The Labute approximate surface area is 163 Å². The van der Waals surface area contributed by atoms with Crippen LogP contribution in [-0.2, 0) is 14.1 Å². The molecule has 0 bridgehead atoms. The average molecular weight is 389 g/mol. The molecule has 2 aromatic rings. The van der Waals surface area contributed by atoms with Crippen molar-refractivity contribution in [1.82, 2.24) is 19.2 Å². The Morgan fingerprint density at radius 3 is 2.75 bits per heavy atom. The summed E-state index contributed by atoms with van der Waals surface area (Å²) in [5.74, 6) is 1.79. The third-order valence-electron chi connectivity index (χ3n) is 4.66. The minimum absolute atomic E-state index is 0.0100. The van der Waals surface area contributed by atoms with E-state index in [0.29, 0.717) is 13.2 Å². The first-order valence-electron chi connectivity index (χ1n) is 9.41. The Hall–Kier alpha value is -2.81. The van der Waals surface area contributed by atoms with Gasteiger partial charge in [0, 0.05) is 27.2 Å². The number of ether oxygens (including phenoxy) is 2. The van der Waals surface area contributed by atoms with E-state index < -0.39 is 11.2 Å². The first-order valence-corrected chi connectivity index (χ1v) is 9.41. The third-order valence-corrected chi connectivity index (χ3v) is 4.66. The molecule has 152 valence electrons. The van der Waals surface area contributed by atoms with E-state index in [9.17, 15) is 9.59 Å². The largest absolute Gasteiger partial charge is 0.486 e. The molecule has 3 rings (SSSR count). The van der Waals surface area contributed by atoms with E-state index in [4.69, 9.17) is 9.47 Å². The number of anilines is 1. The lowest BCUT2D eigenvalue weighted by atomic mass is 10.2. The summed E-state index contributed by atoms with van der Waals surface area (Å²) in [5, 5.41) is 7.00. The van der Waals surface area contributed by atoms with Crippen molar-refractivity contribution in [2.24, 2.45) is 14.1 Å². The number of benzene rings is 1. The van der Waals surface area contributed by atoms with Crippen LogP contribution in [0.2, 0.25) is 0 Å². The zero-order valence-electron chi connectivity index (χ0n) is 16.6. The molecule has 1 aromatic carbocycles. The molecule has 0 radical (unpaired) electrons. The second-order valence-corrected chi connectivity index (χ2v) is 7.01. The summed E-state index contributed by atoms with van der Waals surface area (Å²) in [7, 11) is 5.03. The Morgan fingerprint density at radius 2 is 1.96 bits per heavy atom. The minimum atomic E-state index is -0.436. The maximum Gasteiger partial charge on any atom is 0.346 e. The number of fused-ring (bicyclic) bond motifs is 1. The van der Waals surface area contributed by atoms with Crippen LogP contribution in [-0.4, -0.2) is 58.6 Å². The zero-order chi connectivity index (χ0) is 20.1. The van der Waals surface area contributed by atoms with Gasteiger partial charge in [-0.15, -0.1) is 5.10 Å². The molecular weight excluding hydrogens is 362 g/mol. The molecule has 0 saturated heterocycles. The van der Waals surface area contributed by atoms with E-state index >= 15 is 0 Å². The Morgan fingerprint density at radius 1 is 1.21 bits per heavy atom. The molecule has 0 fully saturated rings. The lowest BCUT2D eigenvalue weighted by molar-refractivity contribution is 0.0652. The van der Waals surface area contributed by atoms with Crippen molar-refractivity contribution in [3.05, 3.63) is 45.1 Å². The Bertz CT molecular complexity index is 923. The molecule has 1 N–H and O–H groups in total. The van der Waals surface area contributed by atoms with Crippen LogP contribution in [0.5, 0.6) is 11.5 Å². The lowest BCUT2D eigenvalue weighted by Crippen LogP contribution is -2.40. The van der Waals surface area contributed by atoms with Crippen molar-refractivity contribution in [2.45, 2.75) is 18.9 Å². The summed E-state index contributed by atoms with van der Waals surface area (Å²) in [6, 6.07) is 7.71. The van der Waals surface area contributed by atoms with Crippen LogP contribution < -0.4 is 26.0 Å². The second kappa shape index (κ2) is 8.92. The fraction of sp³-hybridized carbons (Fsp3) is 0.526. The van der Waals surface area contributed by atoms with Crippen molar-refractivity contribution in [3.63, 3.8) is 0 Å². The van der Waals surface area contributed by atoms with Gasteiger partial charge in [0.1, 0.15) is 12.7 Å². The van der Waals surface area contributed by atoms with E-state index in [-0.39, 0.29) is 11.9 Å². The predicted octanol–water partition coefficient (Wildman–Crippen LogP) is 0.443. The van der Waals surface area contributed by atoms with Crippen LogP contribution in [0.4, 0.5) is 5.82 Å². The highest BCUT2D eigenvalue weighted by atomic mass is 16.6. The van der Waals surface area contributed by atoms with Gasteiger partial charge in [0.25, 0.3) is 5.56 Å². The minimum Gasteiger partial charge on any atom is -0.486 e. The third kappa shape index (κ3) is 4.72. The van der Waals surface area contributed by atoms with Crippen molar-refractivity contribution in [2.75, 3.05) is 38.6 Å². The first-order chi connectivity index (χ1) is 13.5. The molecule has 9 nitrogen and oxygen atoms in total. The molecule has 28 heavy (non-hydrogen) atoms. The van der Waals surface area contributed by atoms with Crippen LogP contribution in [0, 0.1) is 0 Å². The van der Waals surface area contributed by atoms with Crippen LogP contribution >= 0.6 is 0 Å². The molecular formula is C19H27N5O4. The molecule has 1 atom stereocenters. The lowest BCUT2D eigenvalue weighted by Gasteiger charge is -2.29. The van der Waals surface area contributed by atoms with Gasteiger partial charge in [-0.25, -0.2) is 9.48 Å². The molecule has 9 heteroatoms. The number of aromatic nitrogens is 3. The van der Waals surface area contributed by atoms with E-state index in [2.05, 4.69) is 22.4 Å². The monoisotopic (exact) mass is 389 g/mol. The first kappa shape index (κ1) is 19.9. The quantitative estimate of drug-likeness (QED) is 0.655. The van der Waals surface area contributed by atoms with E-state index in [1.807, 2.05) is 24.3 Å². The molecule has 2 heterocycles. The van der Waals surface area contributed by atoms with Gasteiger partial charge in [0.05, 0.1) is 0 Å². The molecule has 1 aliphatic heterocycles. The predicted molar refractivity (Wildman–Crippen MR) is 106 cm³/mol. The second-order valence-electron chi connectivity index (χ2n) is 7.01. The smallest absolute Gasteiger partial charge is 0.346 e. The summed E-state index contributed by atoms with van der Waals surface area (Å²) >= 11 is 0. The number of nitrogens with one attached hydrogen (secondary N) is 1. The maximum atomic E-state index is 12.0. The van der Waals surface area contributed by atoms with Crippen LogP contribution in [0.1, 0.15) is 12.8 Å². The van der Waals surface area contributed by atoms with Gasteiger partial charge in [-0.3, -0.25) is 9.36 Å². The zero-order valence-corrected chi connectivity index (χ0v) is 16.6. The molecule has 0 amide bonds. The summed E-state index contributed by atoms with van der Waals surface area (Å²) < 4.78 is 13.9. The van der Waals surface area contributed by atoms with Gasteiger partial charge in [0.2, 0.25) is 5.82 Å². The Balaban J connectivity index is 1.38. The van der Waals surface area contributed by atoms with Gasteiger partial charge in [0.15, 0.2) is 11.5 Å². The Kier molecular flexibility index (Phi) is 6.35. The van der Waals surface area contributed by atoms with E-state index in [0.717, 1.165) is 46.7 Å². The molecule has 0 saturated carbocycles. The summed E-state index contributed by atoms with van der Waals surface area (Å²) in [4.78, 5) is 25.9. The number of aryl methyl sites for hydroxylation is 1. The highest BCUT2D eigenvalue weighted by molar-refractivity contribution is 5.40. The van der Waals surface area contributed by atoms with Crippen LogP contribution in [0.25, 0.3) is 0 Å². The maximum absolute atomic E-state index is 12.0. The summed E-state index contributed by atoms with van der Waals surface area (Å²) in [6.07, 6.45) is 1.85. The number of hydrogen-bond donors (Lipinski definition) is 1. The standard InChI is InChI=1S/C19H27N5O4/c1-22(12-14-13-27-15-8-4-5-9-16(15)28-14)11-7-6-10-20-17-18(25)23(2)19(26)24(3)21-17/h4-5,8-9,14H,6-7,10-13H2,1-3H3,(H,20,21). The number of unbranched alkanes of at least 4 members (excludes halogenated alkanes) is 1. The SMILES string of the molecule is CN(CCCCNc1nn(C)c(=O)n(C)c1=O)CC1COc2ccccc2O1. The van der Waals surface area contributed by atoms with E-state index in [1.165, 1.54) is 14.1 Å². The van der Waals surface area contributed by atoms with Crippen LogP contribution in [0.3, 0.4) is 0 Å². The number of para-hydroxylation sites is 2.